The molecular weight excluding hydrogens is 130 g/mol. The van der Waals surface area contributed by atoms with Crippen molar-refractivity contribution in [3.8, 4) is 0 Å². The molecule has 0 atom stereocenters. The van der Waals surface area contributed by atoms with Crippen molar-refractivity contribution in [3.05, 3.63) is 0 Å². The van der Waals surface area contributed by atoms with Crippen molar-refractivity contribution < 1.29 is 5.11 Å². The zero-order valence-electron chi connectivity index (χ0n) is 6.14. The first-order chi connectivity index (χ1) is 4.93. The molecule has 0 aromatic carbocycles. The number of rotatable bonds is 3. The highest BCUT2D eigenvalue weighted by Crippen LogP contribution is 1.84. The average molecular weight is 145 g/mol. The van der Waals surface area contributed by atoms with Gasteiger partial charge in [-0.25, -0.2) is 5.01 Å². The Morgan fingerprint density at radius 2 is 2.10 bits per heavy atom. The van der Waals surface area contributed by atoms with E-state index in [1.165, 1.54) is 0 Å². The minimum Gasteiger partial charge on any atom is -0.395 e. The first-order valence-corrected chi connectivity index (χ1v) is 3.73. The SMILES string of the molecule is OCCNN1CCNCC1. The number of nitrogens with one attached hydrogen (secondary N) is 2. The van der Waals surface area contributed by atoms with Gasteiger partial charge in [-0.15, -0.1) is 0 Å². The van der Waals surface area contributed by atoms with E-state index in [1.54, 1.807) is 0 Å². The van der Waals surface area contributed by atoms with Gasteiger partial charge in [0.05, 0.1) is 6.61 Å². The molecule has 3 N–H and O–H groups in total. The minimum absolute atomic E-state index is 0.212. The molecule has 0 amide bonds. The highest BCUT2D eigenvalue weighted by Gasteiger charge is 2.06. The molecule has 4 heteroatoms. The number of nitrogens with zero attached hydrogens (tertiary/aromatic N) is 1. The lowest BCUT2D eigenvalue weighted by Crippen LogP contribution is -2.50. The summed E-state index contributed by atoms with van der Waals surface area (Å²) >= 11 is 0. The molecule has 0 radical (unpaired) electrons. The van der Waals surface area contributed by atoms with Crippen LogP contribution in [-0.4, -0.2) is 49.4 Å². The van der Waals surface area contributed by atoms with E-state index >= 15 is 0 Å². The molecular formula is C6H15N3O. The van der Waals surface area contributed by atoms with E-state index in [9.17, 15) is 0 Å². The van der Waals surface area contributed by atoms with Gasteiger partial charge in [0, 0.05) is 32.7 Å². The van der Waals surface area contributed by atoms with Gasteiger partial charge in [0.2, 0.25) is 0 Å². The first-order valence-electron chi connectivity index (χ1n) is 3.73. The third-order valence-electron chi connectivity index (χ3n) is 1.56. The summed E-state index contributed by atoms with van der Waals surface area (Å²) in [5.41, 5.74) is 3.11. The number of piperazine rings is 1. The number of hydrazine groups is 1. The molecule has 0 unspecified atom stereocenters. The summed E-state index contributed by atoms with van der Waals surface area (Å²) < 4.78 is 0. The van der Waals surface area contributed by atoms with Gasteiger partial charge in [-0.1, -0.05) is 0 Å². The fraction of sp³-hybridized carbons (Fsp3) is 1.00. The van der Waals surface area contributed by atoms with Crippen LogP contribution in [0.15, 0.2) is 0 Å². The van der Waals surface area contributed by atoms with Gasteiger partial charge in [0.15, 0.2) is 0 Å². The van der Waals surface area contributed by atoms with Crippen LogP contribution in [0.3, 0.4) is 0 Å². The number of aliphatic hydroxyl groups is 1. The van der Waals surface area contributed by atoms with Gasteiger partial charge in [-0.2, -0.15) is 0 Å². The van der Waals surface area contributed by atoms with Crippen LogP contribution in [0.1, 0.15) is 0 Å². The Hall–Kier alpha value is -0.160. The molecule has 0 bridgehead atoms. The predicted octanol–water partition coefficient (Wildman–Crippen LogP) is -1.61. The Balaban J connectivity index is 2.02. The summed E-state index contributed by atoms with van der Waals surface area (Å²) in [5.74, 6) is 0. The fourth-order valence-electron chi connectivity index (χ4n) is 1.03. The zero-order chi connectivity index (χ0) is 7.23. The summed E-state index contributed by atoms with van der Waals surface area (Å²) in [7, 11) is 0. The van der Waals surface area contributed by atoms with Crippen LogP contribution in [0.5, 0.6) is 0 Å². The minimum atomic E-state index is 0.212. The van der Waals surface area contributed by atoms with Crippen LogP contribution in [0.2, 0.25) is 0 Å². The van der Waals surface area contributed by atoms with Crippen LogP contribution in [-0.2, 0) is 0 Å². The third-order valence-corrected chi connectivity index (χ3v) is 1.56. The van der Waals surface area contributed by atoms with Crippen molar-refractivity contribution in [2.45, 2.75) is 0 Å². The molecule has 1 aliphatic rings. The van der Waals surface area contributed by atoms with Gasteiger partial charge >= 0.3 is 0 Å². The van der Waals surface area contributed by atoms with Crippen LogP contribution in [0.4, 0.5) is 0 Å². The van der Waals surface area contributed by atoms with Crippen molar-refractivity contribution in [2.24, 2.45) is 0 Å². The van der Waals surface area contributed by atoms with Crippen molar-refractivity contribution >= 4 is 0 Å². The molecule has 0 spiro atoms. The van der Waals surface area contributed by atoms with E-state index in [-0.39, 0.29) is 6.61 Å². The van der Waals surface area contributed by atoms with Gasteiger partial charge in [-0.3, -0.25) is 5.43 Å². The van der Waals surface area contributed by atoms with Crippen molar-refractivity contribution in [3.63, 3.8) is 0 Å². The lowest BCUT2D eigenvalue weighted by molar-refractivity contribution is 0.146. The second-order valence-electron chi connectivity index (χ2n) is 2.37. The van der Waals surface area contributed by atoms with Crippen LogP contribution in [0, 0.1) is 0 Å². The van der Waals surface area contributed by atoms with E-state index in [0.29, 0.717) is 6.54 Å². The highest BCUT2D eigenvalue weighted by atomic mass is 16.3. The Labute approximate surface area is 61.2 Å². The van der Waals surface area contributed by atoms with E-state index < -0.39 is 0 Å². The molecule has 0 saturated carbocycles. The fourth-order valence-corrected chi connectivity index (χ4v) is 1.03. The van der Waals surface area contributed by atoms with Crippen LogP contribution >= 0.6 is 0 Å². The summed E-state index contributed by atoms with van der Waals surface area (Å²) in [6.07, 6.45) is 0. The lowest BCUT2D eigenvalue weighted by atomic mass is 10.4. The second-order valence-corrected chi connectivity index (χ2v) is 2.37. The average Bonchev–Trinajstić information content (AvgIpc) is 2.03. The van der Waals surface area contributed by atoms with Gasteiger partial charge < -0.3 is 10.4 Å². The molecule has 1 saturated heterocycles. The smallest absolute Gasteiger partial charge is 0.0570 e. The Bertz CT molecular complexity index is 83.1. The first kappa shape index (κ1) is 7.94. The second kappa shape index (κ2) is 4.62. The normalized spacial score (nSPS) is 21.3. The molecule has 1 rings (SSSR count). The molecule has 1 fully saturated rings. The molecule has 4 nitrogen and oxygen atoms in total. The van der Waals surface area contributed by atoms with E-state index in [1.807, 2.05) is 0 Å². The highest BCUT2D eigenvalue weighted by molar-refractivity contribution is 4.63. The summed E-state index contributed by atoms with van der Waals surface area (Å²) in [6, 6.07) is 0. The molecule has 0 aromatic heterocycles. The molecule has 10 heavy (non-hydrogen) atoms. The topological polar surface area (TPSA) is 47.5 Å². The number of hydrogen-bond donors (Lipinski definition) is 3. The summed E-state index contributed by atoms with van der Waals surface area (Å²) in [6.45, 7) is 5.01. The summed E-state index contributed by atoms with van der Waals surface area (Å²) in [4.78, 5) is 0. The maximum Gasteiger partial charge on any atom is 0.0570 e. The van der Waals surface area contributed by atoms with E-state index in [2.05, 4.69) is 15.8 Å². The quantitative estimate of drug-likeness (QED) is 0.447. The van der Waals surface area contributed by atoms with Crippen molar-refractivity contribution in [1.82, 2.24) is 15.8 Å². The monoisotopic (exact) mass is 145 g/mol. The molecule has 1 heterocycles. The third kappa shape index (κ3) is 2.62. The number of aliphatic hydroxyl groups excluding tert-OH is 1. The van der Waals surface area contributed by atoms with E-state index in [4.69, 9.17) is 5.11 Å². The Morgan fingerprint density at radius 1 is 1.40 bits per heavy atom. The maximum absolute atomic E-state index is 8.49. The Morgan fingerprint density at radius 3 is 2.70 bits per heavy atom. The molecule has 0 aromatic rings. The standard InChI is InChI=1S/C6H15N3O/c10-6-3-8-9-4-1-7-2-5-9/h7-8,10H,1-6H2. The van der Waals surface area contributed by atoms with Gasteiger partial charge in [0.1, 0.15) is 0 Å². The van der Waals surface area contributed by atoms with Crippen molar-refractivity contribution in [1.29, 1.82) is 0 Å². The number of hydrogen-bond acceptors (Lipinski definition) is 4. The summed E-state index contributed by atoms with van der Waals surface area (Å²) in [5, 5.41) is 13.9. The van der Waals surface area contributed by atoms with Crippen molar-refractivity contribution in [2.75, 3.05) is 39.3 Å². The van der Waals surface area contributed by atoms with E-state index in [0.717, 1.165) is 26.2 Å². The maximum atomic E-state index is 8.49. The predicted molar refractivity (Wildman–Crippen MR) is 39.5 cm³/mol. The zero-order valence-corrected chi connectivity index (χ0v) is 6.14. The van der Waals surface area contributed by atoms with Gasteiger partial charge in [-0.05, 0) is 0 Å². The van der Waals surface area contributed by atoms with Crippen LogP contribution in [0.25, 0.3) is 0 Å². The lowest BCUT2D eigenvalue weighted by Gasteiger charge is -2.27. The Kier molecular flexibility index (Phi) is 3.67. The largest absolute Gasteiger partial charge is 0.395 e. The molecule has 0 aliphatic carbocycles. The molecule has 1 aliphatic heterocycles. The molecule has 60 valence electrons. The van der Waals surface area contributed by atoms with Gasteiger partial charge in [0.25, 0.3) is 0 Å². The van der Waals surface area contributed by atoms with Crippen LogP contribution < -0.4 is 10.7 Å².